The molecular formula is C20H22BrNO2. The van der Waals surface area contributed by atoms with Crippen molar-refractivity contribution in [2.45, 2.75) is 39.3 Å². The number of hydrogen-bond acceptors (Lipinski definition) is 2. The molecule has 0 unspecified atom stereocenters. The van der Waals surface area contributed by atoms with E-state index in [0.717, 1.165) is 10.9 Å². The summed E-state index contributed by atoms with van der Waals surface area (Å²) >= 11 is 3.52. The van der Waals surface area contributed by atoms with Gasteiger partial charge in [0.2, 0.25) is 0 Å². The van der Waals surface area contributed by atoms with Crippen molar-refractivity contribution in [1.82, 2.24) is 4.90 Å². The van der Waals surface area contributed by atoms with E-state index in [1.807, 2.05) is 32.9 Å². The minimum atomic E-state index is -0.456. The summed E-state index contributed by atoms with van der Waals surface area (Å²) in [6, 6.07) is 14.8. The van der Waals surface area contributed by atoms with Crippen molar-refractivity contribution >= 4 is 22.0 Å². The summed E-state index contributed by atoms with van der Waals surface area (Å²) < 4.78 is 6.56. The molecule has 2 aromatic rings. The number of nitrogens with zero attached hydrogens (tertiary/aromatic N) is 1. The standard InChI is InChI=1S/C20H22BrNO2/c1-20(2,3)24-19(23)22-10-9-16-11-15(7-8-17(16)13-22)14-5-4-6-18(21)12-14/h4-8,11-12H,9-10,13H2,1-3H3. The quantitative estimate of drug-likeness (QED) is 0.654. The Morgan fingerprint density at radius 1 is 1.08 bits per heavy atom. The molecule has 3 nitrogen and oxygen atoms in total. The van der Waals surface area contributed by atoms with Crippen LogP contribution in [-0.2, 0) is 17.7 Å². The lowest BCUT2D eigenvalue weighted by Crippen LogP contribution is -2.39. The molecule has 1 aliphatic rings. The minimum absolute atomic E-state index is 0.232. The number of rotatable bonds is 1. The van der Waals surface area contributed by atoms with Crippen LogP contribution in [0.2, 0.25) is 0 Å². The highest BCUT2D eigenvalue weighted by Gasteiger charge is 2.25. The fraction of sp³-hybridized carbons (Fsp3) is 0.350. The van der Waals surface area contributed by atoms with Gasteiger partial charge in [-0.2, -0.15) is 0 Å². The van der Waals surface area contributed by atoms with Crippen LogP contribution in [0.1, 0.15) is 31.9 Å². The van der Waals surface area contributed by atoms with Crippen molar-refractivity contribution in [3.05, 3.63) is 58.1 Å². The summed E-state index contributed by atoms with van der Waals surface area (Å²) in [7, 11) is 0. The van der Waals surface area contributed by atoms with E-state index in [2.05, 4.69) is 46.3 Å². The molecular weight excluding hydrogens is 366 g/mol. The lowest BCUT2D eigenvalue weighted by Gasteiger charge is -2.31. The Bertz CT molecular complexity index is 764. The molecule has 0 saturated carbocycles. The monoisotopic (exact) mass is 387 g/mol. The Morgan fingerprint density at radius 3 is 2.54 bits per heavy atom. The second-order valence-corrected chi connectivity index (χ2v) is 8.06. The van der Waals surface area contributed by atoms with Crippen LogP contribution in [0, 0.1) is 0 Å². The molecule has 4 heteroatoms. The van der Waals surface area contributed by atoms with E-state index in [1.165, 1.54) is 22.3 Å². The highest BCUT2D eigenvalue weighted by Crippen LogP contribution is 2.28. The number of carbonyl (C=O) groups is 1. The van der Waals surface area contributed by atoms with Gasteiger partial charge in [-0.3, -0.25) is 0 Å². The van der Waals surface area contributed by atoms with Gasteiger partial charge in [-0.05, 0) is 61.6 Å². The van der Waals surface area contributed by atoms with E-state index in [4.69, 9.17) is 4.74 Å². The predicted molar refractivity (Wildman–Crippen MR) is 99.9 cm³/mol. The maximum Gasteiger partial charge on any atom is 0.410 e. The molecule has 0 atom stereocenters. The van der Waals surface area contributed by atoms with Crippen LogP contribution in [0.4, 0.5) is 4.79 Å². The summed E-state index contributed by atoms with van der Waals surface area (Å²) in [6.07, 6.45) is 0.625. The number of fused-ring (bicyclic) bond motifs is 1. The van der Waals surface area contributed by atoms with Gasteiger partial charge in [0.15, 0.2) is 0 Å². The zero-order chi connectivity index (χ0) is 17.3. The first-order valence-corrected chi connectivity index (χ1v) is 8.97. The third-order valence-corrected chi connectivity index (χ3v) is 4.52. The molecule has 126 valence electrons. The van der Waals surface area contributed by atoms with Crippen LogP contribution >= 0.6 is 15.9 Å². The summed E-state index contributed by atoms with van der Waals surface area (Å²) in [4.78, 5) is 14.0. The summed E-state index contributed by atoms with van der Waals surface area (Å²) in [5.41, 5.74) is 4.46. The van der Waals surface area contributed by atoms with Gasteiger partial charge in [0.1, 0.15) is 5.60 Å². The molecule has 3 rings (SSSR count). The van der Waals surface area contributed by atoms with Gasteiger partial charge in [0.25, 0.3) is 0 Å². The normalized spacial score (nSPS) is 14.2. The zero-order valence-electron chi connectivity index (χ0n) is 14.3. The molecule has 0 N–H and O–H groups in total. The van der Waals surface area contributed by atoms with E-state index < -0.39 is 5.60 Å². The molecule has 1 aliphatic heterocycles. The Kier molecular flexibility index (Phi) is 4.68. The summed E-state index contributed by atoms with van der Waals surface area (Å²) in [5.74, 6) is 0. The largest absolute Gasteiger partial charge is 0.444 e. The minimum Gasteiger partial charge on any atom is -0.444 e. The Labute approximate surface area is 151 Å². The highest BCUT2D eigenvalue weighted by atomic mass is 79.9. The number of amides is 1. The number of halogens is 1. The first-order chi connectivity index (χ1) is 11.3. The molecule has 2 aromatic carbocycles. The third kappa shape index (κ3) is 3.99. The second kappa shape index (κ2) is 6.60. The van der Waals surface area contributed by atoms with E-state index in [0.29, 0.717) is 13.1 Å². The molecule has 0 saturated heterocycles. The van der Waals surface area contributed by atoms with E-state index in [1.54, 1.807) is 4.90 Å². The van der Waals surface area contributed by atoms with Crippen molar-refractivity contribution in [3.8, 4) is 11.1 Å². The SMILES string of the molecule is CC(C)(C)OC(=O)N1CCc2cc(-c3cccc(Br)c3)ccc2C1. The molecule has 0 spiro atoms. The number of hydrogen-bond donors (Lipinski definition) is 0. The Morgan fingerprint density at radius 2 is 1.83 bits per heavy atom. The van der Waals surface area contributed by atoms with Crippen molar-refractivity contribution in [2.75, 3.05) is 6.54 Å². The predicted octanol–water partition coefficient (Wildman–Crippen LogP) is 5.41. The molecule has 1 heterocycles. The molecule has 0 bridgehead atoms. The maximum atomic E-state index is 12.2. The van der Waals surface area contributed by atoms with Crippen LogP contribution in [0.3, 0.4) is 0 Å². The van der Waals surface area contributed by atoms with Crippen LogP contribution < -0.4 is 0 Å². The average Bonchev–Trinajstić information content (AvgIpc) is 2.52. The molecule has 0 aliphatic carbocycles. The Hall–Kier alpha value is -1.81. The zero-order valence-corrected chi connectivity index (χ0v) is 15.9. The maximum absolute atomic E-state index is 12.2. The first-order valence-electron chi connectivity index (χ1n) is 8.17. The first kappa shape index (κ1) is 17.0. The van der Waals surface area contributed by atoms with E-state index in [9.17, 15) is 4.79 Å². The van der Waals surface area contributed by atoms with E-state index in [-0.39, 0.29) is 6.09 Å². The molecule has 1 amide bonds. The second-order valence-electron chi connectivity index (χ2n) is 7.15. The van der Waals surface area contributed by atoms with Gasteiger partial charge in [-0.25, -0.2) is 4.79 Å². The topological polar surface area (TPSA) is 29.5 Å². The van der Waals surface area contributed by atoms with Gasteiger partial charge in [-0.15, -0.1) is 0 Å². The van der Waals surface area contributed by atoms with Crippen molar-refractivity contribution in [1.29, 1.82) is 0 Å². The molecule has 0 aromatic heterocycles. The highest BCUT2D eigenvalue weighted by molar-refractivity contribution is 9.10. The van der Waals surface area contributed by atoms with Gasteiger partial charge < -0.3 is 9.64 Å². The van der Waals surface area contributed by atoms with Gasteiger partial charge >= 0.3 is 6.09 Å². The van der Waals surface area contributed by atoms with Crippen LogP contribution in [0.15, 0.2) is 46.9 Å². The lowest BCUT2D eigenvalue weighted by molar-refractivity contribution is 0.0224. The van der Waals surface area contributed by atoms with E-state index >= 15 is 0 Å². The number of carbonyl (C=O) groups excluding carboxylic acids is 1. The number of ether oxygens (including phenoxy) is 1. The van der Waals surface area contributed by atoms with Crippen LogP contribution in [0.5, 0.6) is 0 Å². The van der Waals surface area contributed by atoms with Crippen molar-refractivity contribution < 1.29 is 9.53 Å². The van der Waals surface area contributed by atoms with Crippen LogP contribution in [-0.4, -0.2) is 23.1 Å². The van der Waals surface area contributed by atoms with Crippen molar-refractivity contribution in [3.63, 3.8) is 0 Å². The molecule has 24 heavy (non-hydrogen) atoms. The molecule has 0 radical (unpaired) electrons. The third-order valence-electron chi connectivity index (χ3n) is 4.03. The fourth-order valence-corrected chi connectivity index (χ4v) is 3.28. The smallest absolute Gasteiger partial charge is 0.410 e. The number of benzene rings is 2. The summed E-state index contributed by atoms with van der Waals surface area (Å²) in [6.45, 7) is 7.00. The van der Waals surface area contributed by atoms with Gasteiger partial charge in [0, 0.05) is 17.6 Å². The van der Waals surface area contributed by atoms with Crippen molar-refractivity contribution in [2.24, 2.45) is 0 Å². The Balaban J connectivity index is 1.78. The van der Waals surface area contributed by atoms with Crippen LogP contribution in [0.25, 0.3) is 11.1 Å². The summed E-state index contributed by atoms with van der Waals surface area (Å²) in [5, 5.41) is 0. The lowest BCUT2D eigenvalue weighted by atomic mass is 9.95. The average molecular weight is 388 g/mol. The van der Waals surface area contributed by atoms with Gasteiger partial charge in [-0.1, -0.05) is 46.3 Å². The van der Waals surface area contributed by atoms with Gasteiger partial charge in [0.05, 0.1) is 0 Å². The fourth-order valence-electron chi connectivity index (χ4n) is 2.88. The molecule has 0 fully saturated rings.